The minimum absolute atomic E-state index is 0.0382. The van der Waals surface area contributed by atoms with Crippen LogP contribution < -0.4 is 4.72 Å². The highest BCUT2D eigenvalue weighted by molar-refractivity contribution is 7.89. The van der Waals surface area contributed by atoms with Crippen molar-refractivity contribution in [3.05, 3.63) is 34.9 Å². The Kier molecular flexibility index (Phi) is 4.59. The number of rotatable bonds is 6. The van der Waals surface area contributed by atoms with E-state index in [4.69, 9.17) is 0 Å². The number of nitrogens with zero attached hydrogens (tertiary/aromatic N) is 2. The molecule has 1 atom stereocenters. The van der Waals surface area contributed by atoms with E-state index >= 15 is 0 Å². The van der Waals surface area contributed by atoms with E-state index in [2.05, 4.69) is 9.71 Å². The molecule has 0 bridgehead atoms. The van der Waals surface area contributed by atoms with Crippen molar-refractivity contribution in [1.82, 2.24) is 14.3 Å². The zero-order chi connectivity index (χ0) is 14.8. The second kappa shape index (κ2) is 6.04. The van der Waals surface area contributed by atoms with Crippen molar-refractivity contribution in [2.24, 2.45) is 0 Å². The number of nitrogens with one attached hydrogen (secondary N) is 1. The first kappa shape index (κ1) is 15.2. The molecule has 0 unspecified atom stereocenters. The Morgan fingerprint density at radius 1 is 1.50 bits per heavy atom. The van der Waals surface area contributed by atoms with Gasteiger partial charge < -0.3 is 9.67 Å². The maximum atomic E-state index is 12.0. The summed E-state index contributed by atoms with van der Waals surface area (Å²) in [5.41, 5.74) is 0.699. The summed E-state index contributed by atoms with van der Waals surface area (Å²) in [5.74, 6) is 0. The molecule has 6 nitrogen and oxygen atoms in total. The highest BCUT2D eigenvalue weighted by atomic mass is 32.2. The van der Waals surface area contributed by atoms with Gasteiger partial charge in [0.05, 0.1) is 12.4 Å². The lowest BCUT2D eigenvalue weighted by molar-refractivity contribution is 0.182. The number of thiophene rings is 1. The maximum Gasteiger partial charge on any atom is 0.259 e. The second-order valence-corrected chi connectivity index (χ2v) is 7.17. The first-order valence-corrected chi connectivity index (χ1v) is 8.56. The average molecular weight is 315 g/mol. The number of aliphatic hydroxyl groups is 1. The van der Waals surface area contributed by atoms with Gasteiger partial charge in [0.15, 0.2) is 5.03 Å². The van der Waals surface area contributed by atoms with Crippen LogP contribution in [0.5, 0.6) is 0 Å². The standard InChI is InChI=1S/C12H17N3O3S2/c1-9(2)15-6-12(13-8-15)20(17,18)14-5-11(16)10-3-4-19-7-10/h3-4,6-9,11,14,16H,5H2,1-2H3/t11-/m0/s1. The van der Waals surface area contributed by atoms with Gasteiger partial charge in [0.2, 0.25) is 0 Å². The van der Waals surface area contributed by atoms with Crippen LogP contribution in [0.25, 0.3) is 0 Å². The van der Waals surface area contributed by atoms with Crippen LogP contribution in [0.4, 0.5) is 0 Å². The van der Waals surface area contributed by atoms with Crippen molar-refractivity contribution < 1.29 is 13.5 Å². The topological polar surface area (TPSA) is 84.2 Å². The van der Waals surface area contributed by atoms with Crippen LogP contribution in [0.1, 0.15) is 31.6 Å². The maximum absolute atomic E-state index is 12.0. The van der Waals surface area contributed by atoms with E-state index in [1.54, 1.807) is 16.0 Å². The lowest BCUT2D eigenvalue weighted by Crippen LogP contribution is -2.28. The van der Waals surface area contributed by atoms with E-state index in [1.807, 2.05) is 19.2 Å². The predicted octanol–water partition coefficient (Wildman–Crippen LogP) is 1.54. The average Bonchev–Trinajstić information content (AvgIpc) is 3.06. The van der Waals surface area contributed by atoms with Crippen LogP contribution in [0, 0.1) is 0 Å². The molecule has 0 fully saturated rings. The molecule has 0 amide bonds. The molecule has 0 saturated heterocycles. The third kappa shape index (κ3) is 3.45. The van der Waals surface area contributed by atoms with E-state index in [0.717, 1.165) is 0 Å². The van der Waals surface area contributed by atoms with Gasteiger partial charge in [0.25, 0.3) is 10.0 Å². The van der Waals surface area contributed by atoms with Crippen molar-refractivity contribution in [1.29, 1.82) is 0 Å². The minimum Gasteiger partial charge on any atom is -0.387 e. The van der Waals surface area contributed by atoms with Crippen LogP contribution in [-0.4, -0.2) is 29.6 Å². The molecule has 0 aromatic carbocycles. The van der Waals surface area contributed by atoms with Crippen LogP contribution in [0.15, 0.2) is 34.4 Å². The summed E-state index contributed by atoms with van der Waals surface area (Å²) in [6, 6.07) is 1.90. The van der Waals surface area contributed by atoms with Crippen LogP contribution >= 0.6 is 11.3 Å². The number of aliphatic hydroxyl groups excluding tert-OH is 1. The van der Waals surface area contributed by atoms with E-state index in [1.165, 1.54) is 23.9 Å². The molecule has 2 N–H and O–H groups in total. The Hall–Kier alpha value is -1.22. The first-order valence-electron chi connectivity index (χ1n) is 6.13. The molecular weight excluding hydrogens is 298 g/mol. The van der Waals surface area contributed by atoms with Gasteiger partial charge in [-0.1, -0.05) is 0 Å². The Bertz CT molecular complexity index is 647. The normalized spacial score (nSPS) is 13.8. The number of aromatic nitrogens is 2. The van der Waals surface area contributed by atoms with Crippen molar-refractivity contribution in [2.75, 3.05) is 6.54 Å². The van der Waals surface area contributed by atoms with Crippen molar-refractivity contribution >= 4 is 21.4 Å². The minimum atomic E-state index is -3.70. The molecule has 0 spiro atoms. The molecule has 0 aliphatic rings. The van der Waals surface area contributed by atoms with E-state index in [0.29, 0.717) is 5.56 Å². The lowest BCUT2D eigenvalue weighted by Gasteiger charge is -2.10. The summed E-state index contributed by atoms with van der Waals surface area (Å²) in [6.07, 6.45) is 2.10. The molecule has 20 heavy (non-hydrogen) atoms. The Labute approximate surface area is 122 Å². The van der Waals surface area contributed by atoms with Gasteiger partial charge in [-0.15, -0.1) is 0 Å². The summed E-state index contributed by atoms with van der Waals surface area (Å²) >= 11 is 1.45. The number of sulfonamides is 1. The summed E-state index contributed by atoms with van der Waals surface area (Å²) in [7, 11) is -3.70. The Morgan fingerprint density at radius 2 is 2.25 bits per heavy atom. The van der Waals surface area contributed by atoms with Gasteiger partial charge in [-0.05, 0) is 36.2 Å². The first-order chi connectivity index (χ1) is 9.40. The van der Waals surface area contributed by atoms with Gasteiger partial charge in [0, 0.05) is 18.8 Å². The third-order valence-corrected chi connectivity index (χ3v) is 4.85. The fraction of sp³-hybridized carbons (Fsp3) is 0.417. The molecular formula is C12H17N3O3S2. The second-order valence-electron chi connectivity index (χ2n) is 4.68. The molecule has 0 saturated carbocycles. The molecule has 2 aromatic rings. The molecule has 8 heteroatoms. The zero-order valence-corrected chi connectivity index (χ0v) is 12.9. The quantitative estimate of drug-likeness (QED) is 0.847. The van der Waals surface area contributed by atoms with E-state index < -0.39 is 16.1 Å². The number of hydrogen-bond acceptors (Lipinski definition) is 5. The number of imidazole rings is 1. The SMILES string of the molecule is CC(C)n1cnc(S(=O)(=O)NC[C@H](O)c2ccsc2)c1. The Morgan fingerprint density at radius 3 is 2.80 bits per heavy atom. The Balaban J connectivity index is 2.03. The molecule has 2 aromatic heterocycles. The monoisotopic (exact) mass is 315 g/mol. The van der Waals surface area contributed by atoms with Gasteiger partial charge in [-0.3, -0.25) is 0 Å². The molecule has 0 radical (unpaired) electrons. The molecule has 0 aliphatic heterocycles. The smallest absolute Gasteiger partial charge is 0.259 e. The third-order valence-electron chi connectivity index (χ3n) is 2.84. The summed E-state index contributed by atoms with van der Waals surface area (Å²) in [6.45, 7) is 3.80. The number of hydrogen-bond donors (Lipinski definition) is 2. The molecule has 2 rings (SSSR count). The van der Waals surface area contributed by atoms with E-state index in [-0.39, 0.29) is 17.6 Å². The van der Waals surface area contributed by atoms with Gasteiger partial charge in [0.1, 0.15) is 0 Å². The largest absolute Gasteiger partial charge is 0.387 e. The summed E-state index contributed by atoms with van der Waals surface area (Å²) < 4.78 is 28.2. The van der Waals surface area contributed by atoms with Crippen molar-refractivity contribution in [3.8, 4) is 0 Å². The molecule has 2 heterocycles. The van der Waals surface area contributed by atoms with Crippen molar-refractivity contribution in [3.63, 3.8) is 0 Å². The van der Waals surface area contributed by atoms with Crippen LogP contribution in [0.3, 0.4) is 0 Å². The predicted molar refractivity (Wildman–Crippen MR) is 77.1 cm³/mol. The molecule has 110 valence electrons. The molecule has 0 aliphatic carbocycles. The van der Waals surface area contributed by atoms with Crippen molar-refractivity contribution in [2.45, 2.75) is 31.0 Å². The summed E-state index contributed by atoms with van der Waals surface area (Å²) in [5, 5.41) is 13.4. The zero-order valence-electron chi connectivity index (χ0n) is 11.2. The van der Waals surface area contributed by atoms with E-state index in [9.17, 15) is 13.5 Å². The van der Waals surface area contributed by atoms with Crippen LogP contribution in [-0.2, 0) is 10.0 Å². The lowest BCUT2D eigenvalue weighted by atomic mass is 10.2. The van der Waals surface area contributed by atoms with Gasteiger partial charge in [-0.25, -0.2) is 18.1 Å². The fourth-order valence-corrected chi connectivity index (χ4v) is 3.26. The summed E-state index contributed by atoms with van der Waals surface area (Å²) in [4.78, 5) is 3.88. The van der Waals surface area contributed by atoms with Crippen LogP contribution in [0.2, 0.25) is 0 Å². The highest BCUT2D eigenvalue weighted by Crippen LogP contribution is 2.16. The van der Waals surface area contributed by atoms with Gasteiger partial charge in [-0.2, -0.15) is 11.3 Å². The van der Waals surface area contributed by atoms with Gasteiger partial charge >= 0.3 is 0 Å². The highest BCUT2D eigenvalue weighted by Gasteiger charge is 2.19. The fourth-order valence-electron chi connectivity index (χ4n) is 1.58.